The predicted octanol–water partition coefficient (Wildman–Crippen LogP) is 3.12. The van der Waals surface area contributed by atoms with Crippen LogP contribution in [0, 0.1) is 12.8 Å². The van der Waals surface area contributed by atoms with E-state index in [1.54, 1.807) is 0 Å². The molecule has 0 aliphatic heterocycles. The van der Waals surface area contributed by atoms with Crippen LogP contribution in [0.2, 0.25) is 0 Å². The summed E-state index contributed by atoms with van der Waals surface area (Å²) in [6, 6.07) is 2.19. The van der Waals surface area contributed by atoms with Gasteiger partial charge in [-0.1, -0.05) is 20.3 Å². The first-order valence-electron chi connectivity index (χ1n) is 6.55. The molecule has 2 nitrogen and oxygen atoms in total. The second kappa shape index (κ2) is 7.85. The lowest BCUT2D eigenvalue weighted by Gasteiger charge is -2.20. The van der Waals surface area contributed by atoms with Crippen molar-refractivity contribution >= 4 is 11.3 Å². The Hall–Kier alpha value is -0.380. The maximum Gasteiger partial charge on any atom is 0.0302 e. The van der Waals surface area contributed by atoms with Crippen molar-refractivity contribution in [1.29, 1.82) is 0 Å². The van der Waals surface area contributed by atoms with E-state index in [-0.39, 0.29) is 0 Å². The number of hydrogen-bond acceptors (Lipinski definition) is 3. The Bertz CT molecular complexity index is 309. The van der Waals surface area contributed by atoms with Gasteiger partial charge < -0.3 is 10.2 Å². The molecule has 1 rings (SSSR count). The van der Waals surface area contributed by atoms with Gasteiger partial charge in [-0.05, 0) is 36.9 Å². The quantitative estimate of drug-likeness (QED) is 0.717. The molecule has 0 saturated carbocycles. The highest BCUT2D eigenvalue weighted by atomic mass is 32.1. The van der Waals surface area contributed by atoms with Crippen molar-refractivity contribution in [3.8, 4) is 0 Å². The van der Waals surface area contributed by atoms with Gasteiger partial charge in [0.2, 0.25) is 0 Å². The summed E-state index contributed by atoms with van der Waals surface area (Å²) in [6.45, 7) is 11.2. The highest BCUT2D eigenvalue weighted by molar-refractivity contribution is 7.10. The molecule has 1 N–H and O–H groups in total. The maximum atomic E-state index is 3.52. The van der Waals surface area contributed by atoms with Gasteiger partial charge in [-0.25, -0.2) is 0 Å². The van der Waals surface area contributed by atoms with E-state index in [1.807, 2.05) is 11.3 Å². The third-order valence-corrected chi connectivity index (χ3v) is 4.27. The zero-order valence-corrected chi connectivity index (χ0v) is 12.4. The summed E-state index contributed by atoms with van der Waals surface area (Å²) in [7, 11) is 2.21. The SMILES string of the molecule is CCC(C)CN(C)CCNCc1sccc1C. The number of nitrogens with zero attached hydrogens (tertiary/aromatic N) is 1. The van der Waals surface area contributed by atoms with Crippen molar-refractivity contribution < 1.29 is 0 Å². The Labute approximate surface area is 110 Å². The number of nitrogens with one attached hydrogen (secondary N) is 1. The molecule has 1 heterocycles. The van der Waals surface area contributed by atoms with Crippen molar-refractivity contribution in [2.45, 2.75) is 33.7 Å². The molecule has 0 amide bonds. The van der Waals surface area contributed by atoms with Crippen LogP contribution < -0.4 is 5.32 Å². The van der Waals surface area contributed by atoms with E-state index < -0.39 is 0 Å². The van der Waals surface area contributed by atoms with E-state index in [0.29, 0.717) is 0 Å². The standard InChI is InChI=1S/C14H26N2S/c1-5-12(2)11-16(4)8-7-15-10-14-13(3)6-9-17-14/h6,9,12,15H,5,7-8,10-11H2,1-4H3. The van der Waals surface area contributed by atoms with Crippen LogP contribution in [0.25, 0.3) is 0 Å². The van der Waals surface area contributed by atoms with E-state index in [4.69, 9.17) is 0 Å². The van der Waals surface area contributed by atoms with Crippen LogP contribution in [-0.2, 0) is 6.54 Å². The molecule has 1 aromatic rings. The van der Waals surface area contributed by atoms with Crippen LogP contribution in [0.1, 0.15) is 30.7 Å². The summed E-state index contributed by atoms with van der Waals surface area (Å²) in [5.41, 5.74) is 1.41. The third-order valence-electron chi connectivity index (χ3n) is 3.24. The number of aryl methyl sites for hydroxylation is 1. The minimum atomic E-state index is 0.805. The summed E-state index contributed by atoms with van der Waals surface area (Å²) in [5.74, 6) is 0.805. The fourth-order valence-electron chi connectivity index (χ4n) is 1.81. The lowest BCUT2D eigenvalue weighted by atomic mass is 10.1. The van der Waals surface area contributed by atoms with Gasteiger partial charge >= 0.3 is 0 Å². The molecule has 1 atom stereocenters. The Morgan fingerprint density at radius 2 is 2.24 bits per heavy atom. The van der Waals surface area contributed by atoms with E-state index >= 15 is 0 Å². The van der Waals surface area contributed by atoms with Crippen molar-refractivity contribution in [2.24, 2.45) is 5.92 Å². The molecule has 0 aliphatic rings. The van der Waals surface area contributed by atoms with E-state index in [2.05, 4.69) is 49.5 Å². The second-order valence-corrected chi connectivity index (χ2v) is 5.98. The Morgan fingerprint density at radius 3 is 2.82 bits per heavy atom. The molecular weight excluding hydrogens is 228 g/mol. The zero-order chi connectivity index (χ0) is 12.7. The first-order chi connectivity index (χ1) is 8.13. The normalized spacial score (nSPS) is 13.2. The molecule has 0 radical (unpaired) electrons. The van der Waals surface area contributed by atoms with Crippen molar-refractivity contribution in [3.05, 3.63) is 21.9 Å². The molecule has 0 spiro atoms. The Balaban J connectivity index is 2.10. The van der Waals surface area contributed by atoms with Crippen LogP contribution in [-0.4, -0.2) is 31.6 Å². The molecule has 17 heavy (non-hydrogen) atoms. The minimum Gasteiger partial charge on any atom is -0.311 e. The molecule has 0 aromatic carbocycles. The van der Waals surface area contributed by atoms with Gasteiger partial charge in [0, 0.05) is 31.1 Å². The fraction of sp³-hybridized carbons (Fsp3) is 0.714. The highest BCUT2D eigenvalue weighted by Crippen LogP contribution is 2.14. The van der Waals surface area contributed by atoms with Crippen LogP contribution in [0.3, 0.4) is 0 Å². The average Bonchev–Trinajstić information content (AvgIpc) is 2.70. The summed E-state index contributed by atoms with van der Waals surface area (Å²) < 4.78 is 0. The molecule has 1 unspecified atom stereocenters. The summed E-state index contributed by atoms with van der Waals surface area (Å²) in [4.78, 5) is 3.89. The van der Waals surface area contributed by atoms with Crippen LogP contribution in [0.5, 0.6) is 0 Å². The van der Waals surface area contributed by atoms with Gasteiger partial charge in [-0.2, -0.15) is 0 Å². The van der Waals surface area contributed by atoms with Crippen LogP contribution >= 0.6 is 11.3 Å². The number of rotatable bonds is 8. The van der Waals surface area contributed by atoms with Gasteiger partial charge in [0.15, 0.2) is 0 Å². The molecular formula is C14H26N2S. The number of hydrogen-bond donors (Lipinski definition) is 1. The number of likely N-dealkylation sites (N-methyl/N-ethyl adjacent to an activating group) is 1. The van der Waals surface area contributed by atoms with Crippen molar-refractivity contribution in [2.75, 3.05) is 26.7 Å². The molecule has 3 heteroatoms. The molecule has 98 valence electrons. The molecule has 0 aliphatic carbocycles. The van der Waals surface area contributed by atoms with Gasteiger partial charge in [-0.15, -0.1) is 11.3 Å². The second-order valence-electron chi connectivity index (χ2n) is 4.98. The van der Waals surface area contributed by atoms with Crippen molar-refractivity contribution in [1.82, 2.24) is 10.2 Å². The zero-order valence-electron chi connectivity index (χ0n) is 11.6. The lowest BCUT2D eigenvalue weighted by molar-refractivity contribution is 0.281. The first-order valence-corrected chi connectivity index (χ1v) is 7.43. The fourth-order valence-corrected chi connectivity index (χ4v) is 2.69. The molecule has 1 aromatic heterocycles. The topological polar surface area (TPSA) is 15.3 Å². The summed E-state index contributed by atoms with van der Waals surface area (Å²) in [5, 5.41) is 5.69. The van der Waals surface area contributed by atoms with E-state index in [1.165, 1.54) is 23.4 Å². The smallest absolute Gasteiger partial charge is 0.0302 e. The predicted molar refractivity (Wildman–Crippen MR) is 77.7 cm³/mol. The van der Waals surface area contributed by atoms with Gasteiger partial charge in [-0.3, -0.25) is 0 Å². The molecule has 0 saturated heterocycles. The largest absolute Gasteiger partial charge is 0.311 e. The van der Waals surface area contributed by atoms with Crippen LogP contribution in [0.4, 0.5) is 0 Å². The van der Waals surface area contributed by atoms with E-state index in [0.717, 1.165) is 25.6 Å². The molecule has 0 bridgehead atoms. The average molecular weight is 254 g/mol. The van der Waals surface area contributed by atoms with Gasteiger partial charge in [0.25, 0.3) is 0 Å². The number of thiophene rings is 1. The molecule has 0 fully saturated rings. The monoisotopic (exact) mass is 254 g/mol. The highest BCUT2D eigenvalue weighted by Gasteiger charge is 2.04. The summed E-state index contributed by atoms with van der Waals surface area (Å²) in [6.07, 6.45) is 1.27. The lowest BCUT2D eigenvalue weighted by Crippen LogP contribution is -2.31. The minimum absolute atomic E-state index is 0.805. The van der Waals surface area contributed by atoms with Crippen LogP contribution in [0.15, 0.2) is 11.4 Å². The Kier molecular flexibility index (Phi) is 6.78. The third kappa shape index (κ3) is 5.66. The maximum absolute atomic E-state index is 3.52. The first kappa shape index (κ1) is 14.7. The van der Waals surface area contributed by atoms with Gasteiger partial charge in [0.1, 0.15) is 0 Å². The Morgan fingerprint density at radius 1 is 1.47 bits per heavy atom. The van der Waals surface area contributed by atoms with E-state index in [9.17, 15) is 0 Å². The summed E-state index contributed by atoms with van der Waals surface area (Å²) >= 11 is 1.85. The van der Waals surface area contributed by atoms with Crippen molar-refractivity contribution in [3.63, 3.8) is 0 Å². The van der Waals surface area contributed by atoms with Gasteiger partial charge in [0.05, 0.1) is 0 Å².